The van der Waals surface area contributed by atoms with Crippen LogP contribution in [0.1, 0.15) is 25.3 Å². The molecule has 14 heavy (non-hydrogen) atoms. The lowest BCUT2D eigenvalue weighted by Gasteiger charge is -2.21. The van der Waals surface area contributed by atoms with E-state index in [0.29, 0.717) is 6.04 Å². The first-order valence-electron chi connectivity index (χ1n) is 5.21. The van der Waals surface area contributed by atoms with E-state index in [9.17, 15) is 0 Å². The zero-order chi connectivity index (χ0) is 10.1. The molecule has 1 heterocycles. The molecule has 0 aromatic carbocycles. The lowest BCUT2D eigenvalue weighted by molar-refractivity contribution is 0.808. The van der Waals surface area contributed by atoms with Crippen molar-refractivity contribution < 1.29 is 0 Å². The smallest absolute Gasteiger partial charge is 0.130 e. The molecule has 0 aliphatic heterocycles. The van der Waals surface area contributed by atoms with Gasteiger partial charge in [0.1, 0.15) is 5.82 Å². The number of rotatable bonds is 3. The molecule has 2 N–H and O–H groups in total. The first kappa shape index (κ1) is 9.31. The van der Waals surface area contributed by atoms with E-state index in [0.717, 1.165) is 23.6 Å². The van der Waals surface area contributed by atoms with Gasteiger partial charge in [-0.15, -0.1) is 0 Å². The van der Waals surface area contributed by atoms with Gasteiger partial charge in [0.2, 0.25) is 0 Å². The average molecular weight is 191 g/mol. The maximum absolute atomic E-state index is 5.87. The van der Waals surface area contributed by atoms with Gasteiger partial charge in [-0.1, -0.05) is 0 Å². The van der Waals surface area contributed by atoms with Crippen LogP contribution in [0.15, 0.2) is 12.3 Å². The fourth-order valence-electron chi connectivity index (χ4n) is 1.68. The van der Waals surface area contributed by atoms with Crippen LogP contribution in [0.3, 0.4) is 0 Å². The van der Waals surface area contributed by atoms with Crippen LogP contribution in [-0.2, 0) is 0 Å². The van der Waals surface area contributed by atoms with Crippen LogP contribution in [0.5, 0.6) is 0 Å². The van der Waals surface area contributed by atoms with Crippen LogP contribution >= 0.6 is 0 Å². The van der Waals surface area contributed by atoms with Crippen molar-refractivity contribution in [1.29, 1.82) is 0 Å². The normalized spacial score (nSPS) is 15.6. The molecule has 0 bridgehead atoms. The molecular formula is C11H17N3. The third kappa shape index (κ3) is 1.67. The van der Waals surface area contributed by atoms with Crippen LogP contribution in [-0.4, -0.2) is 17.6 Å². The second-order valence-electron chi connectivity index (χ2n) is 3.92. The predicted octanol–water partition coefficient (Wildman–Crippen LogP) is 1.96. The van der Waals surface area contributed by atoms with Crippen molar-refractivity contribution in [3.05, 3.63) is 17.8 Å². The summed E-state index contributed by atoms with van der Waals surface area (Å²) >= 11 is 0. The van der Waals surface area contributed by atoms with E-state index in [1.54, 1.807) is 0 Å². The van der Waals surface area contributed by atoms with Crippen LogP contribution in [0.2, 0.25) is 0 Å². The fourth-order valence-corrected chi connectivity index (χ4v) is 1.68. The van der Waals surface area contributed by atoms with Crippen LogP contribution in [0.4, 0.5) is 11.5 Å². The summed E-state index contributed by atoms with van der Waals surface area (Å²) in [5.41, 5.74) is 7.76. The molecule has 3 heteroatoms. The second-order valence-corrected chi connectivity index (χ2v) is 3.92. The fraction of sp³-hybridized carbons (Fsp3) is 0.545. The van der Waals surface area contributed by atoms with Crippen LogP contribution < -0.4 is 10.6 Å². The third-order valence-corrected chi connectivity index (χ3v) is 2.75. The van der Waals surface area contributed by atoms with Crippen molar-refractivity contribution in [2.75, 3.05) is 17.2 Å². The SMILES string of the molecule is CCN(c1cc(N)c(C)cn1)C1CC1. The standard InChI is InChI=1S/C11H17N3/c1-3-14(9-4-5-9)11-6-10(12)8(2)7-13-11/h6-7,9H,3-5H2,1-2H3,(H2,12,13). The Morgan fingerprint density at radius 1 is 1.57 bits per heavy atom. The Morgan fingerprint density at radius 2 is 2.29 bits per heavy atom. The number of hydrogen-bond donors (Lipinski definition) is 1. The van der Waals surface area contributed by atoms with Crippen molar-refractivity contribution in [3.8, 4) is 0 Å². The number of anilines is 2. The summed E-state index contributed by atoms with van der Waals surface area (Å²) in [6.07, 6.45) is 4.45. The Morgan fingerprint density at radius 3 is 2.79 bits per heavy atom. The van der Waals surface area contributed by atoms with Crippen molar-refractivity contribution in [2.45, 2.75) is 32.7 Å². The van der Waals surface area contributed by atoms with Crippen molar-refractivity contribution in [3.63, 3.8) is 0 Å². The quantitative estimate of drug-likeness (QED) is 0.794. The highest BCUT2D eigenvalue weighted by Gasteiger charge is 2.28. The minimum Gasteiger partial charge on any atom is -0.398 e. The largest absolute Gasteiger partial charge is 0.398 e. The highest BCUT2D eigenvalue weighted by molar-refractivity contribution is 5.55. The summed E-state index contributed by atoms with van der Waals surface area (Å²) in [7, 11) is 0. The van der Waals surface area contributed by atoms with E-state index < -0.39 is 0 Å². The highest BCUT2D eigenvalue weighted by atomic mass is 15.2. The molecule has 1 aliphatic carbocycles. The topological polar surface area (TPSA) is 42.1 Å². The lowest BCUT2D eigenvalue weighted by Crippen LogP contribution is -2.26. The first-order valence-corrected chi connectivity index (χ1v) is 5.21. The number of nitrogens with two attached hydrogens (primary N) is 1. The molecule has 1 saturated carbocycles. The number of nitrogen functional groups attached to an aromatic ring is 1. The zero-order valence-corrected chi connectivity index (χ0v) is 8.83. The molecule has 1 aliphatic rings. The lowest BCUT2D eigenvalue weighted by atomic mass is 10.2. The Kier molecular flexibility index (Phi) is 2.32. The molecule has 0 spiro atoms. The maximum atomic E-state index is 5.87. The van der Waals surface area contributed by atoms with Gasteiger partial charge in [-0.2, -0.15) is 0 Å². The minimum absolute atomic E-state index is 0.703. The molecule has 1 aromatic heterocycles. The molecule has 3 nitrogen and oxygen atoms in total. The molecule has 2 rings (SSSR count). The summed E-state index contributed by atoms with van der Waals surface area (Å²) in [6, 6.07) is 2.69. The molecule has 1 fully saturated rings. The van der Waals surface area contributed by atoms with Gasteiger partial charge in [0, 0.05) is 30.5 Å². The van der Waals surface area contributed by atoms with E-state index in [2.05, 4.69) is 16.8 Å². The first-order chi connectivity index (χ1) is 6.72. The van der Waals surface area contributed by atoms with Crippen LogP contribution in [0.25, 0.3) is 0 Å². The van der Waals surface area contributed by atoms with E-state index in [-0.39, 0.29) is 0 Å². The molecule has 0 unspecified atom stereocenters. The Balaban J connectivity index is 2.25. The van der Waals surface area contributed by atoms with E-state index in [1.807, 2.05) is 19.2 Å². The third-order valence-electron chi connectivity index (χ3n) is 2.75. The van der Waals surface area contributed by atoms with Crippen molar-refractivity contribution in [1.82, 2.24) is 4.98 Å². The molecule has 76 valence electrons. The summed E-state index contributed by atoms with van der Waals surface area (Å²) in [6.45, 7) is 5.16. The average Bonchev–Trinajstić information content (AvgIpc) is 2.96. The summed E-state index contributed by atoms with van der Waals surface area (Å²) < 4.78 is 0. The Labute approximate surface area is 84.9 Å². The van der Waals surface area contributed by atoms with Gasteiger partial charge in [0.15, 0.2) is 0 Å². The number of nitrogens with zero attached hydrogens (tertiary/aromatic N) is 2. The Hall–Kier alpha value is -1.25. The minimum atomic E-state index is 0.703. The summed E-state index contributed by atoms with van der Waals surface area (Å²) in [4.78, 5) is 6.75. The van der Waals surface area contributed by atoms with Gasteiger partial charge in [-0.05, 0) is 32.3 Å². The highest BCUT2D eigenvalue weighted by Crippen LogP contribution is 2.31. The van der Waals surface area contributed by atoms with E-state index in [4.69, 9.17) is 5.73 Å². The van der Waals surface area contributed by atoms with Gasteiger partial charge in [0.25, 0.3) is 0 Å². The van der Waals surface area contributed by atoms with Gasteiger partial charge in [-0.25, -0.2) is 4.98 Å². The maximum Gasteiger partial charge on any atom is 0.130 e. The predicted molar refractivity (Wildman–Crippen MR) is 59.4 cm³/mol. The second kappa shape index (κ2) is 3.48. The van der Waals surface area contributed by atoms with Gasteiger partial charge in [0.05, 0.1) is 0 Å². The molecule has 0 radical (unpaired) electrons. The molecular weight excluding hydrogens is 174 g/mol. The number of aryl methyl sites for hydroxylation is 1. The van der Waals surface area contributed by atoms with E-state index >= 15 is 0 Å². The van der Waals surface area contributed by atoms with Crippen molar-refractivity contribution in [2.24, 2.45) is 0 Å². The Bertz CT molecular complexity index is 331. The number of pyridine rings is 1. The van der Waals surface area contributed by atoms with Gasteiger partial charge < -0.3 is 10.6 Å². The molecule has 1 aromatic rings. The number of hydrogen-bond acceptors (Lipinski definition) is 3. The zero-order valence-electron chi connectivity index (χ0n) is 8.83. The summed E-state index contributed by atoms with van der Waals surface area (Å²) in [5.74, 6) is 1.03. The molecule has 0 atom stereocenters. The molecule has 0 saturated heterocycles. The number of aromatic nitrogens is 1. The summed E-state index contributed by atoms with van der Waals surface area (Å²) in [5, 5.41) is 0. The van der Waals surface area contributed by atoms with Crippen molar-refractivity contribution >= 4 is 11.5 Å². The van der Waals surface area contributed by atoms with Crippen LogP contribution in [0, 0.1) is 6.92 Å². The van der Waals surface area contributed by atoms with Gasteiger partial charge >= 0.3 is 0 Å². The van der Waals surface area contributed by atoms with E-state index in [1.165, 1.54) is 12.8 Å². The van der Waals surface area contributed by atoms with Gasteiger partial charge in [-0.3, -0.25) is 0 Å². The monoisotopic (exact) mass is 191 g/mol. The molecule has 0 amide bonds.